The fourth-order valence-corrected chi connectivity index (χ4v) is 4.24. The van der Waals surface area contributed by atoms with Crippen molar-refractivity contribution in [1.82, 2.24) is 5.32 Å². The van der Waals surface area contributed by atoms with E-state index in [0.29, 0.717) is 17.7 Å². The quantitative estimate of drug-likeness (QED) is 0.256. The summed E-state index contributed by atoms with van der Waals surface area (Å²) >= 11 is 0. The van der Waals surface area contributed by atoms with Crippen molar-refractivity contribution in [2.75, 3.05) is 24.5 Å². The molecule has 0 aliphatic rings. The van der Waals surface area contributed by atoms with Crippen LogP contribution in [-0.2, 0) is 16.4 Å². The number of nitrogens with one attached hydrogen (secondary N) is 2. The number of phenols is 1. The summed E-state index contributed by atoms with van der Waals surface area (Å²) in [7, 11) is -3.86. The van der Waals surface area contributed by atoms with Crippen LogP contribution in [0, 0.1) is 0 Å². The predicted octanol–water partition coefficient (Wildman–Crippen LogP) is 2.13. The Labute approximate surface area is 193 Å². The Hall–Kier alpha value is -3.11. The molecule has 0 aliphatic heterocycles. The van der Waals surface area contributed by atoms with E-state index in [1.165, 1.54) is 24.3 Å². The molecule has 8 nitrogen and oxygen atoms in total. The molecule has 176 valence electrons. The molecule has 0 saturated heterocycles. The highest BCUT2D eigenvalue weighted by Crippen LogP contribution is 2.27. The van der Waals surface area contributed by atoms with Crippen LogP contribution < -0.4 is 14.8 Å². The Morgan fingerprint density at radius 2 is 1.61 bits per heavy atom. The van der Waals surface area contributed by atoms with Gasteiger partial charge in [-0.2, -0.15) is 0 Å². The molecule has 5 N–H and O–H groups in total. The van der Waals surface area contributed by atoms with Crippen LogP contribution in [0.25, 0.3) is 0 Å². The molecule has 9 heteroatoms. The van der Waals surface area contributed by atoms with Gasteiger partial charge in [-0.05, 0) is 48.4 Å². The van der Waals surface area contributed by atoms with Crippen molar-refractivity contribution in [2.24, 2.45) is 0 Å². The number of rotatable bonds is 12. The van der Waals surface area contributed by atoms with E-state index in [0.717, 1.165) is 0 Å². The summed E-state index contributed by atoms with van der Waals surface area (Å²) in [6, 6.07) is 21.2. The Morgan fingerprint density at radius 1 is 0.939 bits per heavy atom. The van der Waals surface area contributed by atoms with E-state index in [4.69, 9.17) is 4.74 Å². The third kappa shape index (κ3) is 7.47. The number of aliphatic hydroxyl groups is 2. The monoisotopic (exact) mass is 472 g/mol. The molecule has 0 unspecified atom stereocenters. The summed E-state index contributed by atoms with van der Waals surface area (Å²) in [5.41, 5.74) is 0.740. The van der Waals surface area contributed by atoms with Crippen LogP contribution in [0.15, 0.2) is 83.8 Å². The zero-order valence-electron chi connectivity index (χ0n) is 18.0. The van der Waals surface area contributed by atoms with Crippen molar-refractivity contribution >= 4 is 15.7 Å². The predicted molar refractivity (Wildman–Crippen MR) is 126 cm³/mol. The Morgan fingerprint density at radius 3 is 2.27 bits per heavy atom. The third-order valence-electron chi connectivity index (χ3n) is 4.89. The zero-order chi connectivity index (χ0) is 23.7. The van der Waals surface area contributed by atoms with E-state index in [2.05, 4.69) is 10.0 Å². The van der Waals surface area contributed by atoms with Crippen LogP contribution in [0.1, 0.15) is 5.56 Å². The number of hydrogen-bond donors (Lipinski definition) is 5. The highest BCUT2D eigenvalue weighted by atomic mass is 32.2. The molecule has 3 rings (SSSR count). The molecule has 0 amide bonds. The molecular weight excluding hydrogens is 444 g/mol. The third-order valence-corrected chi connectivity index (χ3v) is 6.27. The zero-order valence-corrected chi connectivity index (χ0v) is 18.8. The molecular formula is C24H28N2O6S. The number of anilines is 1. The second-order valence-electron chi connectivity index (χ2n) is 7.54. The van der Waals surface area contributed by atoms with Crippen LogP contribution in [0.4, 0.5) is 5.69 Å². The van der Waals surface area contributed by atoms with E-state index >= 15 is 0 Å². The van der Waals surface area contributed by atoms with Gasteiger partial charge in [-0.3, -0.25) is 4.72 Å². The van der Waals surface area contributed by atoms with Crippen LogP contribution in [0.3, 0.4) is 0 Å². The number of aliphatic hydroxyl groups excluding tert-OH is 2. The van der Waals surface area contributed by atoms with E-state index in [1.807, 2.05) is 18.2 Å². The average molecular weight is 473 g/mol. The lowest BCUT2D eigenvalue weighted by atomic mass is 10.1. The van der Waals surface area contributed by atoms with Gasteiger partial charge in [0.25, 0.3) is 10.0 Å². The number of ether oxygens (including phenoxy) is 1. The summed E-state index contributed by atoms with van der Waals surface area (Å²) in [5, 5.41) is 33.1. The van der Waals surface area contributed by atoms with E-state index < -0.39 is 16.1 Å². The van der Waals surface area contributed by atoms with Crippen molar-refractivity contribution in [2.45, 2.75) is 23.5 Å². The largest absolute Gasteiger partial charge is 0.506 e. The Bertz CT molecular complexity index is 1110. The van der Waals surface area contributed by atoms with Crippen molar-refractivity contribution in [3.63, 3.8) is 0 Å². The number of hydrogen-bond acceptors (Lipinski definition) is 7. The molecule has 0 heterocycles. The molecule has 3 aromatic carbocycles. The van der Waals surface area contributed by atoms with E-state index in [1.54, 1.807) is 36.4 Å². The van der Waals surface area contributed by atoms with Gasteiger partial charge in [-0.15, -0.1) is 0 Å². The first-order valence-electron chi connectivity index (χ1n) is 10.5. The first-order chi connectivity index (χ1) is 15.9. The van der Waals surface area contributed by atoms with E-state index in [9.17, 15) is 23.7 Å². The fourth-order valence-electron chi connectivity index (χ4n) is 3.15. The molecule has 3 aromatic rings. The van der Waals surface area contributed by atoms with Gasteiger partial charge >= 0.3 is 0 Å². The molecule has 0 aromatic heterocycles. The lowest BCUT2D eigenvalue weighted by molar-refractivity contribution is 0.0997. The van der Waals surface area contributed by atoms with Crippen molar-refractivity contribution in [1.29, 1.82) is 0 Å². The molecule has 33 heavy (non-hydrogen) atoms. The molecule has 0 spiro atoms. The minimum Gasteiger partial charge on any atom is -0.506 e. The maximum absolute atomic E-state index is 12.6. The number of para-hydroxylation sites is 1. The minimum atomic E-state index is -3.86. The summed E-state index contributed by atoms with van der Waals surface area (Å²) in [6.07, 6.45) is -0.435. The number of benzene rings is 3. The Kier molecular flexibility index (Phi) is 8.67. The average Bonchev–Trinajstić information content (AvgIpc) is 2.83. The normalized spacial score (nSPS) is 13.3. The van der Waals surface area contributed by atoms with Crippen molar-refractivity contribution in [3.05, 3.63) is 84.4 Å². The maximum Gasteiger partial charge on any atom is 0.262 e. The van der Waals surface area contributed by atoms with Gasteiger partial charge in [-0.1, -0.05) is 42.5 Å². The second-order valence-corrected chi connectivity index (χ2v) is 9.22. The lowest BCUT2D eigenvalue weighted by Crippen LogP contribution is -2.41. The number of phenolic OH excluding ortho intramolecular Hbond substituents is 1. The van der Waals surface area contributed by atoms with Crippen LogP contribution in [0.5, 0.6) is 11.5 Å². The number of sulfonamides is 1. The molecule has 2 atom stereocenters. The highest BCUT2D eigenvalue weighted by Gasteiger charge is 2.17. The van der Waals surface area contributed by atoms with Gasteiger partial charge in [0.1, 0.15) is 24.2 Å². The van der Waals surface area contributed by atoms with Crippen LogP contribution in [-0.4, -0.2) is 55.6 Å². The highest BCUT2D eigenvalue weighted by molar-refractivity contribution is 7.92. The first kappa shape index (κ1) is 24.5. The lowest BCUT2D eigenvalue weighted by Gasteiger charge is -2.20. The molecule has 0 saturated carbocycles. The SMILES string of the molecule is O=S(=O)(Nc1cc(C[C@@H](CO)NC[C@H](O)COc2ccccc2)ccc1O)c1ccccc1. The second kappa shape index (κ2) is 11.7. The fraction of sp³-hybridized carbons (Fsp3) is 0.250. The van der Waals surface area contributed by atoms with Gasteiger partial charge in [0.2, 0.25) is 0 Å². The van der Waals surface area contributed by atoms with Gasteiger partial charge in [0.15, 0.2) is 0 Å². The standard InChI is InChI=1S/C24H28N2O6S/c27-16-19(25-15-20(28)17-32-21-7-3-1-4-8-21)13-18-11-12-24(29)23(14-18)26-33(30,31)22-9-5-2-6-10-22/h1-12,14,19-20,25-29H,13,15-17H2/t19-,20-/m0/s1. The first-order valence-corrected chi connectivity index (χ1v) is 12.0. The Balaban J connectivity index is 1.57. The van der Waals surface area contributed by atoms with Crippen molar-refractivity contribution < 1.29 is 28.5 Å². The van der Waals surface area contributed by atoms with Gasteiger partial charge < -0.3 is 25.4 Å². The summed E-state index contributed by atoms with van der Waals surface area (Å²) in [5.74, 6) is 0.449. The maximum atomic E-state index is 12.6. The van der Waals surface area contributed by atoms with E-state index in [-0.39, 0.29) is 42.1 Å². The van der Waals surface area contributed by atoms with Crippen LogP contribution in [0.2, 0.25) is 0 Å². The number of aromatic hydroxyl groups is 1. The molecule has 0 fully saturated rings. The minimum absolute atomic E-state index is 0.0457. The molecule has 0 bridgehead atoms. The summed E-state index contributed by atoms with van der Waals surface area (Å²) in [6.45, 7) is 0.0988. The summed E-state index contributed by atoms with van der Waals surface area (Å²) < 4.78 is 33.1. The smallest absolute Gasteiger partial charge is 0.262 e. The summed E-state index contributed by atoms with van der Waals surface area (Å²) in [4.78, 5) is 0.0800. The molecule has 0 aliphatic carbocycles. The van der Waals surface area contributed by atoms with Gasteiger partial charge in [-0.25, -0.2) is 8.42 Å². The van der Waals surface area contributed by atoms with Crippen molar-refractivity contribution in [3.8, 4) is 11.5 Å². The van der Waals surface area contributed by atoms with Gasteiger partial charge in [0, 0.05) is 12.6 Å². The topological polar surface area (TPSA) is 128 Å². The molecule has 0 radical (unpaired) electrons. The van der Waals surface area contributed by atoms with Crippen LogP contribution >= 0.6 is 0 Å². The van der Waals surface area contributed by atoms with Gasteiger partial charge in [0.05, 0.1) is 17.2 Å².